The van der Waals surface area contributed by atoms with E-state index in [1.54, 1.807) is 13.0 Å². The topological polar surface area (TPSA) is 53.2 Å². The Balaban J connectivity index is 0.000000541. The number of rotatable bonds is 8. The first-order valence-corrected chi connectivity index (χ1v) is 12.7. The molecule has 1 aromatic rings. The van der Waals surface area contributed by atoms with Gasteiger partial charge in [0, 0.05) is 37.2 Å². The molecule has 1 fully saturated rings. The number of likely N-dealkylation sites (N-methyl/N-ethyl adjacent to an activating group) is 1. The summed E-state index contributed by atoms with van der Waals surface area (Å²) in [7, 11) is 3.68. The Kier molecular flexibility index (Phi) is 18.5. The fraction of sp³-hybridized carbons (Fsp3) is 0.483. The van der Waals surface area contributed by atoms with Gasteiger partial charge in [-0.3, -0.25) is 4.99 Å². The van der Waals surface area contributed by atoms with Gasteiger partial charge < -0.3 is 19.4 Å². The molecular formula is C29H46F2N4O2. The molecule has 0 saturated carbocycles. The number of ether oxygens (including phenoxy) is 1. The van der Waals surface area contributed by atoms with Gasteiger partial charge in [-0.15, -0.1) is 4.48 Å². The smallest absolute Gasteiger partial charge is 0.151 e. The molecule has 3 rings (SSSR count). The molecule has 0 aliphatic carbocycles. The molecule has 0 atom stereocenters. The lowest BCUT2D eigenvalue weighted by molar-refractivity contribution is 0.0843. The molecule has 1 N–H and O–H groups in total. The van der Waals surface area contributed by atoms with Crippen molar-refractivity contribution in [3.63, 3.8) is 0 Å². The molecule has 3 heterocycles. The predicted molar refractivity (Wildman–Crippen MR) is 153 cm³/mol. The minimum atomic E-state index is -0.519. The molecule has 0 spiro atoms. The highest BCUT2D eigenvalue weighted by molar-refractivity contribution is 5.72. The van der Waals surface area contributed by atoms with Crippen molar-refractivity contribution in [2.24, 2.45) is 4.99 Å². The van der Waals surface area contributed by atoms with Gasteiger partial charge in [0.2, 0.25) is 0 Å². The van der Waals surface area contributed by atoms with Gasteiger partial charge in [0.1, 0.15) is 17.3 Å². The van der Waals surface area contributed by atoms with Gasteiger partial charge in [-0.25, -0.2) is 9.51 Å². The number of hydrogen-bond acceptors (Lipinski definition) is 6. The molecule has 0 bridgehead atoms. The number of hydrogen-bond donors (Lipinski definition) is 1. The lowest BCUT2D eigenvalue weighted by Gasteiger charge is -2.09. The Hall–Kier alpha value is -2.97. The van der Waals surface area contributed by atoms with Gasteiger partial charge in [0.25, 0.3) is 0 Å². The van der Waals surface area contributed by atoms with Crippen LogP contribution in [0, 0.1) is 0 Å². The van der Waals surface area contributed by atoms with E-state index >= 15 is 0 Å². The molecule has 1 saturated heterocycles. The third-order valence-electron chi connectivity index (χ3n) is 5.17. The molecule has 8 heteroatoms. The predicted octanol–water partition coefficient (Wildman–Crippen LogP) is 7.00. The van der Waals surface area contributed by atoms with E-state index in [0.717, 1.165) is 37.0 Å². The van der Waals surface area contributed by atoms with E-state index in [9.17, 15) is 8.87 Å². The fourth-order valence-electron chi connectivity index (χ4n) is 3.09. The van der Waals surface area contributed by atoms with E-state index in [1.165, 1.54) is 45.5 Å². The van der Waals surface area contributed by atoms with Crippen molar-refractivity contribution in [2.45, 2.75) is 53.0 Å². The van der Waals surface area contributed by atoms with Gasteiger partial charge in [-0.1, -0.05) is 40.0 Å². The minimum Gasteiger partial charge on any atom is -0.497 e. The van der Waals surface area contributed by atoms with E-state index < -0.39 is 5.83 Å². The number of nitrogens with one attached hydrogen (secondary N) is 1. The number of methoxy groups -OCH3 is 1. The first-order valence-electron chi connectivity index (χ1n) is 12.7. The summed E-state index contributed by atoms with van der Waals surface area (Å²) >= 11 is 0. The number of furan rings is 1. The zero-order valence-corrected chi connectivity index (χ0v) is 23.4. The molecule has 0 aromatic carbocycles. The monoisotopic (exact) mass is 520 g/mol. The van der Waals surface area contributed by atoms with Gasteiger partial charge in [-0.05, 0) is 64.8 Å². The quantitative estimate of drug-likeness (QED) is 0.173. The maximum atomic E-state index is 13.4. The maximum absolute atomic E-state index is 13.4. The highest BCUT2D eigenvalue weighted by atomic mass is 19.2. The largest absolute Gasteiger partial charge is 0.497 e. The van der Waals surface area contributed by atoms with Crippen LogP contribution in [0.4, 0.5) is 8.87 Å². The SMILES string of the molecule is C=C(/C=C\C(=C)N(F)CC)OC.C=N/C=C(/F)C(=C)c1cc2c(o1)CCNC2.CCC.CN1CCCC1. The van der Waals surface area contributed by atoms with E-state index in [1.807, 2.05) is 6.07 Å². The number of aliphatic imine (C=N–C) groups is 1. The maximum Gasteiger partial charge on any atom is 0.151 e. The van der Waals surface area contributed by atoms with Crippen molar-refractivity contribution in [3.05, 3.63) is 78.5 Å². The van der Waals surface area contributed by atoms with Crippen molar-refractivity contribution in [3.8, 4) is 0 Å². The second-order valence-corrected chi connectivity index (χ2v) is 8.51. The summed E-state index contributed by atoms with van der Waals surface area (Å²) in [6.45, 7) is 24.4. The molecule has 0 radical (unpaired) electrons. The Morgan fingerprint density at radius 1 is 1.22 bits per heavy atom. The summed E-state index contributed by atoms with van der Waals surface area (Å²) in [6.07, 6.45) is 9.00. The zero-order chi connectivity index (χ0) is 28.2. The van der Waals surface area contributed by atoms with Crippen LogP contribution in [0.5, 0.6) is 0 Å². The van der Waals surface area contributed by atoms with Gasteiger partial charge >= 0.3 is 0 Å². The molecule has 0 amide bonds. The van der Waals surface area contributed by atoms with Crippen molar-refractivity contribution in [1.29, 1.82) is 0 Å². The number of allylic oxidation sites excluding steroid dienone is 4. The number of halogens is 2. The van der Waals surface area contributed by atoms with Crippen LogP contribution >= 0.6 is 0 Å². The van der Waals surface area contributed by atoms with Gasteiger partial charge in [0.05, 0.1) is 19.0 Å². The second kappa shape index (κ2) is 20.1. The highest BCUT2D eigenvalue weighted by Crippen LogP contribution is 2.28. The molecule has 0 unspecified atom stereocenters. The molecule has 6 nitrogen and oxygen atoms in total. The molecule has 208 valence electrons. The summed E-state index contributed by atoms with van der Waals surface area (Å²) in [5.74, 6) is 1.33. The Bertz CT molecular complexity index is 876. The summed E-state index contributed by atoms with van der Waals surface area (Å²) in [5, 5.41) is 3.76. The molecular weight excluding hydrogens is 474 g/mol. The fourth-order valence-corrected chi connectivity index (χ4v) is 3.09. The zero-order valence-electron chi connectivity index (χ0n) is 23.4. The van der Waals surface area contributed by atoms with Crippen molar-refractivity contribution in [1.82, 2.24) is 15.3 Å². The van der Waals surface area contributed by atoms with Crippen LogP contribution in [-0.2, 0) is 17.7 Å². The van der Waals surface area contributed by atoms with Gasteiger partial charge in [-0.2, -0.15) is 0 Å². The second-order valence-electron chi connectivity index (χ2n) is 8.51. The van der Waals surface area contributed by atoms with E-state index in [2.05, 4.69) is 62.6 Å². The van der Waals surface area contributed by atoms with Crippen LogP contribution in [0.15, 0.2) is 70.8 Å². The Morgan fingerprint density at radius 2 is 1.84 bits per heavy atom. The first-order chi connectivity index (χ1) is 17.6. The summed E-state index contributed by atoms with van der Waals surface area (Å²) < 4.78 is 36.4. The third-order valence-corrected chi connectivity index (χ3v) is 5.17. The molecule has 2 aliphatic rings. The summed E-state index contributed by atoms with van der Waals surface area (Å²) in [5.41, 5.74) is 1.57. The summed E-state index contributed by atoms with van der Waals surface area (Å²) in [6, 6.07) is 1.82. The van der Waals surface area contributed by atoms with Gasteiger partial charge in [0.15, 0.2) is 5.83 Å². The van der Waals surface area contributed by atoms with Crippen LogP contribution < -0.4 is 5.32 Å². The van der Waals surface area contributed by atoms with Crippen LogP contribution in [0.2, 0.25) is 0 Å². The average molecular weight is 521 g/mol. The summed E-state index contributed by atoms with van der Waals surface area (Å²) in [4.78, 5) is 5.72. The number of nitrogens with zero attached hydrogens (tertiary/aromatic N) is 3. The molecule has 1 aromatic heterocycles. The van der Waals surface area contributed by atoms with Crippen LogP contribution in [0.3, 0.4) is 0 Å². The highest BCUT2D eigenvalue weighted by Gasteiger charge is 2.17. The minimum absolute atomic E-state index is 0.210. The number of fused-ring (bicyclic) bond motifs is 1. The van der Waals surface area contributed by atoms with E-state index in [-0.39, 0.29) is 17.8 Å². The van der Waals surface area contributed by atoms with E-state index in [0.29, 0.717) is 16.6 Å². The number of likely N-dealkylation sites (tertiary alicyclic amines) is 1. The molecule has 2 aliphatic heterocycles. The average Bonchev–Trinajstić information content (AvgIpc) is 3.56. The lowest BCUT2D eigenvalue weighted by atomic mass is 10.1. The normalized spacial score (nSPS) is 14.6. The third kappa shape index (κ3) is 14.4. The Morgan fingerprint density at radius 3 is 2.30 bits per heavy atom. The lowest BCUT2D eigenvalue weighted by Crippen LogP contribution is -2.22. The van der Waals surface area contributed by atoms with Crippen molar-refractivity contribution < 1.29 is 18.0 Å². The van der Waals surface area contributed by atoms with Crippen LogP contribution in [0.25, 0.3) is 5.57 Å². The Labute approximate surface area is 222 Å². The standard InChI is InChI=1S/C12H13FN2O.C9H14FNO.C5H11N.C3H8/c1-8(10(13)7-14-2)12-5-9-6-15-4-3-11(9)16-12;1-5-11(10)8(2)6-7-9(3)12-4;1-6-4-2-3-5-6;1-3-2/h5,7,15H,1-4,6H2;6-7H,2-3,5H2,1,4H3;2-5H2,1H3;3H2,1-2H3/b10-7+;7-6-;;. The first kappa shape index (κ1) is 34.0. The van der Waals surface area contributed by atoms with Crippen LogP contribution in [0.1, 0.15) is 57.1 Å². The van der Waals surface area contributed by atoms with E-state index in [4.69, 9.17) is 9.15 Å². The molecule has 37 heavy (non-hydrogen) atoms. The van der Waals surface area contributed by atoms with Crippen LogP contribution in [-0.4, -0.2) is 57.1 Å². The van der Waals surface area contributed by atoms with Crippen molar-refractivity contribution >= 4 is 12.3 Å². The van der Waals surface area contributed by atoms with Crippen molar-refractivity contribution in [2.75, 3.05) is 40.3 Å².